The lowest BCUT2D eigenvalue weighted by Crippen LogP contribution is -2.21. The summed E-state index contributed by atoms with van der Waals surface area (Å²) in [6, 6.07) is 5.25. The molecule has 22 heavy (non-hydrogen) atoms. The molecule has 1 heterocycles. The van der Waals surface area contributed by atoms with Gasteiger partial charge in [-0.05, 0) is 41.2 Å². The fourth-order valence-corrected chi connectivity index (χ4v) is 2.69. The topological polar surface area (TPSA) is 31.2 Å². The number of ether oxygens (including phenoxy) is 1. The van der Waals surface area contributed by atoms with Crippen molar-refractivity contribution in [1.29, 1.82) is 0 Å². The zero-order valence-corrected chi connectivity index (χ0v) is 14.4. The van der Waals surface area contributed by atoms with Gasteiger partial charge in [0.2, 0.25) is 0 Å². The molecule has 3 nitrogen and oxygen atoms in total. The summed E-state index contributed by atoms with van der Waals surface area (Å²) in [5.41, 5.74) is -0.369. The third-order valence-electron chi connectivity index (χ3n) is 3.06. The average Bonchev–Trinajstić information content (AvgIpc) is 2.48. The summed E-state index contributed by atoms with van der Waals surface area (Å²) < 4.78 is 35.5. The molecule has 0 bridgehead atoms. The quantitative estimate of drug-likeness (QED) is 0.715. The minimum atomic E-state index is -0.764. The number of aromatic nitrogens is 1. The Kier molecular flexibility index (Phi) is 5.63. The monoisotopic (exact) mass is 389 g/mol. The summed E-state index contributed by atoms with van der Waals surface area (Å²) >= 11 is 4.53. The van der Waals surface area contributed by atoms with E-state index >= 15 is 0 Å². The fraction of sp³-hybridized carbons (Fsp3) is 0.267. The van der Waals surface area contributed by atoms with Crippen LogP contribution >= 0.6 is 27.7 Å². The number of nitrogens with zero attached hydrogens (tertiary/aromatic N) is 1. The molecular formula is C15H14BrF2NO2S. The van der Waals surface area contributed by atoms with Crippen LogP contribution < -0.4 is 10.3 Å². The predicted octanol–water partition coefficient (Wildman–Crippen LogP) is 4.28. The van der Waals surface area contributed by atoms with Gasteiger partial charge in [0.05, 0.1) is 15.7 Å². The van der Waals surface area contributed by atoms with Gasteiger partial charge in [0, 0.05) is 18.7 Å². The second-order valence-corrected chi connectivity index (χ2v) is 6.10. The van der Waals surface area contributed by atoms with E-state index in [0.29, 0.717) is 17.0 Å². The second kappa shape index (κ2) is 7.28. The van der Waals surface area contributed by atoms with E-state index in [0.717, 1.165) is 12.1 Å². The molecule has 7 heteroatoms. The number of halogens is 3. The number of rotatable bonds is 5. The van der Waals surface area contributed by atoms with E-state index in [9.17, 15) is 13.6 Å². The summed E-state index contributed by atoms with van der Waals surface area (Å²) in [6.45, 7) is 2.04. The van der Waals surface area contributed by atoms with Crippen molar-refractivity contribution in [3.05, 3.63) is 50.7 Å². The first-order chi connectivity index (χ1) is 10.5. The molecule has 0 radical (unpaired) electrons. The Balaban J connectivity index is 2.59. The van der Waals surface area contributed by atoms with E-state index in [2.05, 4.69) is 15.9 Å². The Labute approximate surface area is 139 Å². The van der Waals surface area contributed by atoms with Gasteiger partial charge in [-0.25, -0.2) is 8.78 Å². The van der Waals surface area contributed by atoms with Gasteiger partial charge in [0.15, 0.2) is 0 Å². The molecule has 0 N–H and O–H groups in total. The first-order valence-electron chi connectivity index (χ1n) is 6.50. The largest absolute Gasteiger partial charge is 0.483 e. The van der Waals surface area contributed by atoms with Gasteiger partial charge in [-0.15, -0.1) is 11.8 Å². The van der Waals surface area contributed by atoms with Gasteiger partial charge in [0.1, 0.15) is 23.3 Å². The van der Waals surface area contributed by atoms with Crippen molar-refractivity contribution in [2.24, 2.45) is 0 Å². The third-order valence-corrected chi connectivity index (χ3v) is 4.02. The molecule has 1 aromatic carbocycles. The van der Waals surface area contributed by atoms with E-state index in [1.165, 1.54) is 28.5 Å². The van der Waals surface area contributed by atoms with E-state index in [-0.39, 0.29) is 22.6 Å². The molecule has 0 aliphatic carbocycles. The van der Waals surface area contributed by atoms with Crippen LogP contribution in [0.3, 0.4) is 0 Å². The Morgan fingerprint density at radius 1 is 1.27 bits per heavy atom. The van der Waals surface area contributed by atoms with Crippen molar-refractivity contribution in [3.63, 3.8) is 0 Å². The minimum absolute atomic E-state index is 0.121. The number of benzene rings is 1. The molecule has 0 spiro atoms. The van der Waals surface area contributed by atoms with Gasteiger partial charge in [-0.2, -0.15) is 0 Å². The van der Waals surface area contributed by atoms with Crippen LogP contribution in [0, 0.1) is 11.6 Å². The van der Waals surface area contributed by atoms with E-state index in [4.69, 9.17) is 4.74 Å². The van der Waals surface area contributed by atoms with E-state index < -0.39 is 11.6 Å². The highest BCUT2D eigenvalue weighted by Gasteiger charge is 2.18. The lowest BCUT2D eigenvalue weighted by molar-refractivity contribution is 0.387. The van der Waals surface area contributed by atoms with Crippen LogP contribution in [0.1, 0.15) is 6.92 Å². The molecule has 0 fully saturated rings. The minimum Gasteiger partial charge on any atom is -0.483 e. The molecule has 118 valence electrons. The molecule has 0 amide bonds. The highest BCUT2D eigenvalue weighted by Crippen LogP contribution is 2.30. The smallest absolute Gasteiger partial charge is 0.265 e. The van der Waals surface area contributed by atoms with Gasteiger partial charge in [-0.3, -0.25) is 4.79 Å². The Morgan fingerprint density at radius 3 is 2.45 bits per heavy atom. The summed E-state index contributed by atoms with van der Waals surface area (Å²) in [4.78, 5) is 12.1. The first kappa shape index (κ1) is 17.0. The third kappa shape index (κ3) is 3.35. The molecular weight excluding hydrogens is 376 g/mol. The van der Waals surface area contributed by atoms with Gasteiger partial charge in [-0.1, -0.05) is 0 Å². The maximum absolute atomic E-state index is 14.3. The van der Waals surface area contributed by atoms with E-state index in [1.807, 2.05) is 6.26 Å². The van der Waals surface area contributed by atoms with Gasteiger partial charge in [0.25, 0.3) is 5.56 Å². The van der Waals surface area contributed by atoms with Crippen LogP contribution in [0.2, 0.25) is 0 Å². The Bertz CT molecular complexity index is 726. The normalized spacial score (nSPS) is 10.8. The molecule has 0 saturated heterocycles. The van der Waals surface area contributed by atoms with Crippen molar-refractivity contribution in [2.45, 2.75) is 13.5 Å². The molecule has 0 saturated carbocycles. The summed E-state index contributed by atoms with van der Waals surface area (Å²) in [7, 11) is 0. The Hall–Kier alpha value is -1.34. The molecule has 0 atom stereocenters. The summed E-state index contributed by atoms with van der Waals surface area (Å²) in [5.74, 6) is -1.11. The standard InChI is InChI=1S/C15H14BrF2NO2S/c1-3-19-13(5-4-10(16)15(19)20)14-11(17)6-9(7-12(14)18)21-8-22-2/h4-7H,3,8H2,1-2H3. The van der Waals surface area contributed by atoms with Crippen LogP contribution in [0.25, 0.3) is 11.3 Å². The zero-order valence-electron chi connectivity index (χ0n) is 12.0. The highest BCUT2D eigenvalue weighted by atomic mass is 79.9. The van der Waals surface area contributed by atoms with Crippen LogP contribution in [-0.2, 0) is 6.54 Å². The lowest BCUT2D eigenvalue weighted by Gasteiger charge is -2.14. The Morgan fingerprint density at radius 2 is 1.91 bits per heavy atom. The SMILES string of the molecule is CCn1c(-c2c(F)cc(OCSC)cc2F)ccc(Br)c1=O. The maximum atomic E-state index is 14.3. The second-order valence-electron chi connectivity index (χ2n) is 4.43. The molecule has 0 unspecified atom stereocenters. The first-order valence-corrected chi connectivity index (χ1v) is 8.68. The van der Waals surface area contributed by atoms with Crippen molar-refractivity contribution >= 4 is 27.7 Å². The number of thioether (sulfide) groups is 1. The highest BCUT2D eigenvalue weighted by molar-refractivity contribution is 9.10. The molecule has 2 aromatic rings. The van der Waals surface area contributed by atoms with Gasteiger partial charge >= 0.3 is 0 Å². The average molecular weight is 390 g/mol. The number of hydrogen-bond acceptors (Lipinski definition) is 3. The molecule has 2 rings (SSSR count). The van der Waals surface area contributed by atoms with Crippen LogP contribution in [0.15, 0.2) is 33.5 Å². The summed E-state index contributed by atoms with van der Waals surface area (Å²) in [5, 5.41) is 0. The van der Waals surface area contributed by atoms with Crippen LogP contribution in [0.4, 0.5) is 8.78 Å². The number of hydrogen-bond donors (Lipinski definition) is 0. The lowest BCUT2D eigenvalue weighted by atomic mass is 10.1. The van der Waals surface area contributed by atoms with Crippen LogP contribution in [0.5, 0.6) is 5.75 Å². The zero-order chi connectivity index (χ0) is 16.3. The van der Waals surface area contributed by atoms with Crippen molar-refractivity contribution in [3.8, 4) is 17.0 Å². The molecule has 0 aliphatic rings. The van der Waals surface area contributed by atoms with Crippen LogP contribution in [-0.4, -0.2) is 16.8 Å². The van der Waals surface area contributed by atoms with Crippen molar-refractivity contribution in [1.82, 2.24) is 4.57 Å². The van der Waals surface area contributed by atoms with Crippen molar-refractivity contribution < 1.29 is 13.5 Å². The summed E-state index contributed by atoms with van der Waals surface area (Å²) in [6.07, 6.45) is 1.82. The van der Waals surface area contributed by atoms with E-state index in [1.54, 1.807) is 6.92 Å². The van der Waals surface area contributed by atoms with Gasteiger partial charge < -0.3 is 9.30 Å². The maximum Gasteiger partial charge on any atom is 0.265 e. The van der Waals surface area contributed by atoms with Crippen molar-refractivity contribution in [2.75, 3.05) is 12.2 Å². The number of pyridine rings is 1. The molecule has 1 aromatic heterocycles. The molecule has 0 aliphatic heterocycles. The predicted molar refractivity (Wildman–Crippen MR) is 88.4 cm³/mol. The fourth-order valence-electron chi connectivity index (χ4n) is 2.09.